The van der Waals surface area contributed by atoms with Gasteiger partial charge in [-0.1, -0.05) is 26.0 Å². The molecule has 0 unspecified atom stereocenters. The largest absolute Gasteiger partial charge is 0.497 e. The molecule has 18 heavy (non-hydrogen) atoms. The molecule has 3 heteroatoms. The molecular weight excluding hydrogens is 226 g/mol. The van der Waals surface area contributed by atoms with Gasteiger partial charge in [0, 0.05) is 17.7 Å². The van der Waals surface area contributed by atoms with E-state index in [-0.39, 0.29) is 0 Å². The number of hydrogen-bond donors (Lipinski definition) is 1. The summed E-state index contributed by atoms with van der Waals surface area (Å²) in [5.74, 6) is 1.65. The summed E-state index contributed by atoms with van der Waals surface area (Å²) in [5, 5.41) is 3.38. The van der Waals surface area contributed by atoms with Gasteiger partial charge in [0.25, 0.3) is 0 Å². The minimum absolute atomic E-state index is 0.536. The van der Waals surface area contributed by atoms with Crippen LogP contribution in [0.25, 0.3) is 6.08 Å². The molecule has 0 aliphatic carbocycles. The Kier molecular flexibility index (Phi) is 6.29. The first kappa shape index (κ1) is 14.6. The second-order valence-electron chi connectivity index (χ2n) is 4.41. The van der Waals surface area contributed by atoms with Gasteiger partial charge in [0.1, 0.15) is 11.5 Å². The van der Waals surface area contributed by atoms with E-state index in [0.717, 1.165) is 30.0 Å². The van der Waals surface area contributed by atoms with Crippen molar-refractivity contribution in [1.82, 2.24) is 5.32 Å². The topological polar surface area (TPSA) is 30.5 Å². The average Bonchev–Trinajstić information content (AvgIpc) is 2.38. The number of nitrogens with one attached hydrogen (secondary N) is 1. The summed E-state index contributed by atoms with van der Waals surface area (Å²) in [7, 11) is 3.33. The molecule has 0 aliphatic heterocycles. The van der Waals surface area contributed by atoms with Gasteiger partial charge < -0.3 is 14.8 Å². The summed E-state index contributed by atoms with van der Waals surface area (Å²) in [5.41, 5.74) is 1.07. The molecule has 1 N–H and O–H groups in total. The van der Waals surface area contributed by atoms with Gasteiger partial charge in [-0.2, -0.15) is 0 Å². The lowest BCUT2D eigenvalue weighted by molar-refractivity contribution is 0.393. The van der Waals surface area contributed by atoms with Gasteiger partial charge in [0.2, 0.25) is 0 Å². The van der Waals surface area contributed by atoms with E-state index in [1.54, 1.807) is 14.2 Å². The zero-order valence-electron chi connectivity index (χ0n) is 11.7. The van der Waals surface area contributed by atoms with Gasteiger partial charge in [-0.25, -0.2) is 0 Å². The molecule has 0 aliphatic rings. The molecule has 0 spiro atoms. The zero-order chi connectivity index (χ0) is 13.4. The fraction of sp³-hybridized carbons (Fsp3) is 0.467. The average molecular weight is 249 g/mol. The van der Waals surface area contributed by atoms with Crippen LogP contribution in [0.15, 0.2) is 24.3 Å². The molecule has 0 amide bonds. The van der Waals surface area contributed by atoms with Crippen LogP contribution in [-0.4, -0.2) is 26.8 Å². The monoisotopic (exact) mass is 249 g/mol. The molecule has 0 saturated carbocycles. The Hall–Kier alpha value is -1.48. The summed E-state index contributed by atoms with van der Waals surface area (Å²) in [4.78, 5) is 0. The van der Waals surface area contributed by atoms with E-state index in [9.17, 15) is 0 Å². The van der Waals surface area contributed by atoms with Gasteiger partial charge >= 0.3 is 0 Å². The van der Waals surface area contributed by atoms with Crippen LogP contribution >= 0.6 is 0 Å². The Morgan fingerprint density at radius 3 is 2.61 bits per heavy atom. The van der Waals surface area contributed by atoms with Crippen molar-refractivity contribution in [2.75, 3.05) is 20.8 Å². The van der Waals surface area contributed by atoms with Gasteiger partial charge in [-0.3, -0.25) is 0 Å². The van der Waals surface area contributed by atoms with Crippen LogP contribution in [0.4, 0.5) is 0 Å². The quantitative estimate of drug-likeness (QED) is 0.753. The molecule has 1 aromatic rings. The third-order valence-electron chi connectivity index (χ3n) is 2.60. The van der Waals surface area contributed by atoms with Crippen LogP contribution < -0.4 is 14.8 Å². The van der Waals surface area contributed by atoms with Crippen LogP contribution in [0.1, 0.15) is 25.8 Å². The summed E-state index contributed by atoms with van der Waals surface area (Å²) in [6.07, 6.45) is 5.24. The van der Waals surface area contributed by atoms with E-state index >= 15 is 0 Å². The summed E-state index contributed by atoms with van der Waals surface area (Å²) in [6, 6.07) is 6.37. The predicted octanol–water partition coefficient (Wildman–Crippen LogP) is 3.11. The Bertz CT molecular complexity index is 386. The van der Waals surface area contributed by atoms with E-state index in [0.29, 0.717) is 6.04 Å². The number of methoxy groups -OCH3 is 2. The molecule has 0 heterocycles. The molecule has 1 rings (SSSR count). The van der Waals surface area contributed by atoms with Crippen molar-refractivity contribution in [3.8, 4) is 11.5 Å². The van der Waals surface area contributed by atoms with Crippen molar-refractivity contribution in [1.29, 1.82) is 0 Å². The second-order valence-corrected chi connectivity index (χ2v) is 4.41. The van der Waals surface area contributed by atoms with Gasteiger partial charge in [0.15, 0.2) is 0 Å². The molecule has 100 valence electrons. The Morgan fingerprint density at radius 2 is 2.00 bits per heavy atom. The SMILES string of the molecule is COc1ccc(C=CCCNC(C)C)c(OC)c1. The van der Waals surface area contributed by atoms with Crippen molar-refractivity contribution < 1.29 is 9.47 Å². The second kappa shape index (κ2) is 7.77. The lowest BCUT2D eigenvalue weighted by Crippen LogP contribution is -2.23. The van der Waals surface area contributed by atoms with E-state index in [4.69, 9.17) is 9.47 Å². The van der Waals surface area contributed by atoms with E-state index in [1.165, 1.54) is 0 Å². The molecule has 0 bridgehead atoms. The maximum absolute atomic E-state index is 5.34. The smallest absolute Gasteiger partial charge is 0.129 e. The lowest BCUT2D eigenvalue weighted by Gasteiger charge is -2.07. The lowest BCUT2D eigenvalue weighted by atomic mass is 10.1. The van der Waals surface area contributed by atoms with Gasteiger partial charge in [-0.05, 0) is 25.1 Å². The molecule has 3 nitrogen and oxygen atoms in total. The maximum atomic E-state index is 5.34. The number of rotatable bonds is 7. The van der Waals surface area contributed by atoms with E-state index < -0.39 is 0 Å². The third-order valence-corrected chi connectivity index (χ3v) is 2.60. The van der Waals surface area contributed by atoms with Gasteiger partial charge in [0.05, 0.1) is 14.2 Å². The van der Waals surface area contributed by atoms with Crippen LogP contribution in [0.3, 0.4) is 0 Å². The van der Waals surface area contributed by atoms with Crippen LogP contribution in [0.5, 0.6) is 11.5 Å². The third kappa shape index (κ3) is 4.80. The minimum Gasteiger partial charge on any atom is -0.497 e. The highest BCUT2D eigenvalue weighted by Crippen LogP contribution is 2.25. The molecule has 0 fully saturated rings. The highest BCUT2D eigenvalue weighted by Gasteiger charge is 2.01. The van der Waals surface area contributed by atoms with Crippen LogP contribution in [0.2, 0.25) is 0 Å². The molecular formula is C15H23NO2. The van der Waals surface area contributed by atoms with Crippen molar-refractivity contribution in [3.63, 3.8) is 0 Å². The van der Waals surface area contributed by atoms with Crippen LogP contribution in [0, 0.1) is 0 Å². The first-order chi connectivity index (χ1) is 8.67. The van der Waals surface area contributed by atoms with Crippen molar-refractivity contribution in [2.45, 2.75) is 26.3 Å². The molecule has 0 aromatic heterocycles. The van der Waals surface area contributed by atoms with Crippen LogP contribution in [-0.2, 0) is 0 Å². The molecule has 0 saturated heterocycles. The first-order valence-corrected chi connectivity index (χ1v) is 6.29. The Morgan fingerprint density at radius 1 is 1.22 bits per heavy atom. The normalized spacial score (nSPS) is 11.2. The molecule has 0 atom stereocenters. The zero-order valence-corrected chi connectivity index (χ0v) is 11.7. The number of hydrogen-bond acceptors (Lipinski definition) is 3. The van der Waals surface area contributed by atoms with E-state index in [2.05, 4.69) is 31.3 Å². The fourth-order valence-corrected chi connectivity index (χ4v) is 1.62. The van der Waals surface area contributed by atoms with Crippen molar-refractivity contribution in [2.24, 2.45) is 0 Å². The Labute approximate surface area is 110 Å². The minimum atomic E-state index is 0.536. The highest BCUT2D eigenvalue weighted by atomic mass is 16.5. The molecule has 1 aromatic carbocycles. The van der Waals surface area contributed by atoms with Crippen molar-refractivity contribution >= 4 is 6.08 Å². The standard InChI is InChI=1S/C15H23NO2/c1-12(2)16-10-6-5-7-13-8-9-14(17-3)11-15(13)18-4/h5,7-9,11-12,16H,6,10H2,1-4H3. The van der Waals surface area contributed by atoms with E-state index in [1.807, 2.05) is 18.2 Å². The summed E-state index contributed by atoms with van der Waals surface area (Å²) >= 11 is 0. The fourth-order valence-electron chi connectivity index (χ4n) is 1.62. The summed E-state index contributed by atoms with van der Waals surface area (Å²) < 4.78 is 10.5. The number of ether oxygens (including phenoxy) is 2. The van der Waals surface area contributed by atoms with Crippen molar-refractivity contribution in [3.05, 3.63) is 29.8 Å². The summed E-state index contributed by atoms with van der Waals surface area (Å²) in [6.45, 7) is 5.29. The molecule has 0 radical (unpaired) electrons. The van der Waals surface area contributed by atoms with Gasteiger partial charge in [-0.15, -0.1) is 0 Å². The first-order valence-electron chi connectivity index (χ1n) is 6.29. The number of benzene rings is 1. The maximum Gasteiger partial charge on any atom is 0.129 e. The highest BCUT2D eigenvalue weighted by molar-refractivity contribution is 5.59. The Balaban J connectivity index is 2.58. The predicted molar refractivity (Wildman–Crippen MR) is 76.3 cm³/mol.